The van der Waals surface area contributed by atoms with Crippen molar-refractivity contribution in [2.24, 2.45) is 0 Å². The first kappa shape index (κ1) is 10.9. The molecule has 0 amide bonds. The van der Waals surface area contributed by atoms with Crippen molar-refractivity contribution in [3.63, 3.8) is 0 Å². The Morgan fingerprint density at radius 3 is 2.75 bits per heavy atom. The number of rotatable bonds is 4. The average Bonchev–Trinajstić information content (AvgIpc) is 2.87. The maximum absolute atomic E-state index is 8.90. The first-order valence-corrected chi connectivity index (χ1v) is 5.34. The summed E-state index contributed by atoms with van der Waals surface area (Å²) in [5.41, 5.74) is 1.68. The highest BCUT2D eigenvalue weighted by Crippen LogP contribution is 2.06. The molecular weight excluding hydrogens is 204 g/mol. The third-order valence-electron chi connectivity index (χ3n) is 2.39. The van der Waals surface area contributed by atoms with Gasteiger partial charge < -0.3 is 9.67 Å². The van der Waals surface area contributed by atoms with Gasteiger partial charge in [0.15, 0.2) is 0 Å². The van der Waals surface area contributed by atoms with Gasteiger partial charge in [-0.15, -0.1) is 0 Å². The van der Waals surface area contributed by atoms with E-state index in [9.17, 15) is 0 Å². The van der Waals surface area contributed by atoms with E-state index in [1.807, 2.05) is 27.7 Å². The van der Waals surface area contributed by atoms with E-state index in [4.69, 9.17) is 5.11 Å². The quantitative estimate of drug-likeness (QED) is 0.842. The highest BCUT2D eigenvalue weighted by Gasteiger charge is 2.03. The van der Waals surface area contributed by atoms with Crippen molar-refractivity contribution in [2.75, 3.05) is 0 Å². The minimum absolute atomic E-state index is 0.0204. The predicted molar refractivity (Wildman–Crippen MR) is 59.9 cm³/mol. The van der Waals surface area contributed by atoms with Crippen LogP contribution in [0.2, 0.25) is 0 Å². The molecular formula is C11H16N4O. The number of aliphatic hydroxyl groups excluding tert-OH is 1. The molecule has 86 valence electrons. The molecule has 0 aliphatic carbocycles. The molecule has 2 aromatic heterocycles. The number of imidazole rings is 1. The second-order valence-electron chi connectivity index (χ2n) is 4.08. The first-order valence-electron chi connectivity index (χ1n) is 5.34. The molecule has 0 saturated heterocycles. The zero-order valence-corrected chi connectivity index (χ0v) is 9.54. The molecule has 0 aliphatic heterocycles. The van der Waals surface area contributed by atoms with Crippen molar-refractivity contribution in [1.82, 2.24) is 19.3 Å². The number of hydrogen-bond acceptors (Lipinski definition) is 3. The van der Waals surface area contributed by atoms with E-state index in [0.717, 1.165) is 5.69 Å². The fourth-order valence-electron chi connectivity index (χ4n) is 1.51. The lowest BCUT2D eigenvalue weighted by molar-refractivity contribution is 0.277. The summed E-state index contributed by atoms with van der Waals surface area (Å²) in [4.78, 5) is 4.05. The smallest absolute Gasteiger partial charge is 0.0954 e. The average molecular weight is 220 g/mol. The van der Waals surface area contributed by atoms with Gasteiger partial charge in [-0.05, 0) is 19.9 Å². The SMILES string of the molecule is CC(C)n1ccc(Cn2cnc(CO)c2)n1. The number of aliphatic hydroxyl groups is 1. The molecule has 0 aliphatic rings. The number of aromatic nitrogens is 4. The van der Waals surface area contributed by atoms with E-state index in [1.165, 1.54) is 0 Å². The van der Waals surface area contributed by atoms with Crippen LogP contribution in [0.4, 0.5) is 0 Å². The Balaban J connectivity index is 2.08. The van der Waals surface area contributed by atoms with Crippen LogP contribution in [0.25, 0.3) is 0 Å². The minimum Gasteiger partial charge on any atom is -0.390 e. The topological polar surface area (TPSA) is 55.9 Å². The molecule has 0 atom stereocenters. The van der Waals surface area contributed by atoms with Gasteiger partial charge in [-0.25, -0.2) is 4.98 Å². The van der Waals surface area contributed by atoms with Crippen molar-refractivity contribution >= 4 is 0 Å². The van der Waals surface area contributed by atoms with Crippen LogP contribution in [0.1, 0.15) is 31.3 Å². The maximum atomic E-state index is 8.90. The molecule has 1 N–H and O–H groups in total. The van der Waals surface area contributed by atoms with Gasteiger partial charge in [-0.3, -0.25) is 4.68 Å². The molecule has 5 nitrogen and oxygen atoms in total. The fraction of sp³-hybridized carbons (Fsp3) is 0.455. The van der Waals surface area contributed by atoms with Crippen LogP contribution in [0.3, 0.4) is 0 Å². The van der Waals surface area contributed by atoms with Gasteiger partial charge in [-0.1, -0.05) is 0 Å². The Hall–Kier alpha value is -1.62. The lowest BCUT2D eigenvalue weighted by atomic mass is 10.4. The second kappa shape index (κ2) is 4.49. The van der Waals surface area contributed by atoms with E-state index in [1.54, 1.807) is 6.33 Å². The highest BCUT2D eigenvalue weighted by molar-refractivity contribution is 5.03. The minimum atomic E-state index is -0.0204. The Labute approximate surface area is 94.4 Å². The summed E-state index contributed by atoms with van der Waals surface area (Å²) < 4.78 is 3.85. The van der Waals surface area contributed by atoms with Gasteiger partial charge in [0, 0.05) is 18.4 Å². The summed E-state index contributed by atoms with van der Waals surface area (Å²) in [7, 11) is 0. The summed E-state index contributed by atoms with van der Waals surface area (Å²) in [6.07, 6.45) is 5.51. The van der Waals surface area contributed by atoms with Crippen molar-refractivity contribution in [3.8, 4) is 0 Å². The van der Waals surface area contributed by atoms with Crippen molar-refractivity contribution in [1.29, 1.82) is 0 Å². The van der Waals surface area contributed by atoms with Gasteiger partial charge in [0.25, 0.3) is 0 Å². The summed E-state index contributed by atoms with van der Waals surface area (Å²) in [6.45, 7) is 4.86. The molecule has 5 heteroatoms. The van der Waals surface area contributed by atoms with Gasteiger partial charge in [-0.2, -0.15) is 5.10 Å². The lowest BCUT2D eigenvalue weighted by Crippen LogP contribution is -2.03. The monoisotopic (exact) mass is 220 g/mol. The predicted octanol–water partition coefficient (Wildman–Crippen LogP) is 1.20. The Bertz CT molecular complexity index is 458. The van der Waals surface area contributed by atoms with Gasteiger partial charge in [0.1, 0.15) is 0 Å². The molecule has 16 heavy (non-hydrogen) atoms. The van der Waals surface area contributed by atoms with Crippen LogP contribution in [0.15, 0.2) is 24.8 Å². The van der Waals surface area contributed by atoms with E-state index < -0.39 is 0 Å². The summed E-state index contributed by atoms with van der Waals surface area (Å²) in [5.74, 6) is 0. The summed E-state index contributed by atoms with van der Waals surface area (Å²) in [6, 6.07) is 2.38. The molecule has 2 aromatic rings. The van der Waals surface area contributed by atoms with Crippen LogP contribution in [-0.4, -0.2) is 24.4 Å². The zero-order chi connectivity index (χ0) is 11.5. The highest BCUT2D eigenvalue weighted by atomic mass is 16.3. The second-order valence-corrected chi connectivity index (χ2v) is 4.08. The third kappa shape index (κ3) is 2.30. The molecule has 0 unspecified atom stereocenters. The Morgan fingerprint density at radius 2 is 2.19 bits per heavy atom. The number of nitrogens with zero attached hydrogens (tertiary/aromatic N) is 4. The molecule has 0 fully saturated rings. The third-order valence-corrected chi connectivity index (χ3v) is 2.39. The zero-order valence-electron chi connectivity index (χ0n) is 9.54. The van der Waals surface area contributed by atoms with Crippen LogP contribution < -0.4 is 0 Å². The first-order chi connectivity index (χ1) is 7.69. The largest absolute Gasteiger partial charge is 0.390 e. The summed E-state index contributed by atoms with van der Waals surface area (Å²) in [5, 5.41) is 13.3. The molecule has 0 saturated carbocycles. The fourth-order valence-corrected chi connectivity index (χ4v) is 1.51. The summed E-state index contributed by atoms with van der Waals surface area (Å²) >= 11 is 0. The van der Waals surface area contributed by atoms with Crippen molar-refractivity contribution in [2.45, 2.75) is 33.0 Å². The standard InChI is InChI=1S/C11H16N4O/c1-9(2)15-4-3-10(13-15)5-14-6-11(7-16)12-8-14/h3-4,6,8-9,16H,5,7H2,1-2H3. The van der Waals surface area contributed by atoms with Crippen LogP contribution in [-0.2, 0) is 13.2 Å². The Morgan fingerprint density at radius 1 is 1.38 bits per heavy atom. The van der Waals surface area contributed by atoms with Gasteiger partial charge in [0.2, 0.25) is 0 Å². The molecule has 0 aromatic carbocycles. The lowest BCUT2D eigenvalue weighted by Gasteiger charge is -2.03. The molecule has 2 rings (SSSR count). The normalized spacial score (nSPS) is 11.2. The molecule has 0 bridgehead atoms. The molecule has 0 radical (unpaired) electrons. The van der Waals surface area contributed by atoms with Gasteiger partial charge >= 0.3 is 0 Å². The van der Waals surface area contributed by atoms with E-state index in [-0.39, 0.29) is 6.61 Å². The van der Waals surface area contributed by atoms with Crippen LogP contribution in [0.5, 0.6) is 0 Å². The Kier molecular flexibility index (Phi) is 3.05. The van der Waals surface area contributed by atoms with E-state index in [0.29, 0.717) is 18.3 Å². The number of hydrogen-bond donors (Lipinski definition) is 1. The van der Waals surface area contributed by atoms with Crippen LogP contribution >= 0.6 is 0 Å². The molecule has 0 spiro atoms. The van der Waals surface area contributed by atoms with Gasteiger partial charge in [0.05, 0.1) is 30.9 Å². The van der Waals surface area contributed by atoms with Crippen molar-refractivity contribution in [3.05, 3.63) is 36.2 Å². The van der Waals surface area contributed by atoms with Crippen LogP contribution in [0, 0.1) is 0 Å². The molecule has 2 heterocycles. The van der Waals surface area contributed by atoms with E-state index >= 15 is 0 Å². The van der Waals surface area contributed by atoms with Crippen molar-refractivity contribution < 1.29 is 5.11 Å². The van der Waals surface area contributed by atoms with E-state index in [2.05, 4.69) is 23.9 Å². The maximum Gasteiger partial charge on any atom is 0.0954 e.